The number of nitrogens with zero attached hydrogens (tertiary/aromatic N) is 3. The number of furan rings is 1. The van der Waals surface area contributed by atoms with Crippen LogP contribution in [0.2, 0.25) is 5.02 Å². The third-order valence-corrected chi connectivity index (χ3v) is 6.38. The number of aromatic nitrogens is 3. The van der Waals surface area contributed by atoms with E-state index in [1.54, 1.807) is 0 Å². The Morgan fingerprint density at radius 3 is 2.59 bits per heavy atom. The van der Waals surface area contributed by atoms with Gasteiger partial charge >= 0.3 is 0 Å². The molecule has 0 radical (unpaired) electrons. The van der Waals surface area contributed by atoms with Gasteiger partial charge < -0.3 is 9.73 Å². The van der Waals surface area contributed by atoms with Gasteiger partial charge in [-0.1, -0.05) is 41.6 Å². The Kier molecular flexibility index (Phi) is 6.01. The van der Waals surface area contributed by atoms with Crippen LogP contribution < -0.4 is 5.32 Å². The molecule has 1 N–H and O–H groups in total. The molecule has 1 amide bonds. The lowest BCUT2D eigenvalue weighted by atomic mass is 10.2. The molecule has 0 spiro atoms. The van der Waals surface area contributed by atoms with E-state index in [1.807, 2.05) is 66.7 Å². The number of rotatable bonds is 8. The molecular formula is C24H21ClN4O2S. The van der Waals surface area contributed by atoms with Crippen LogP contribution in [0.1, 0.15) is 30.3 Å². The highest BCUT2D eigenvalue weighted by molar-refractivity contribution is 7.99. The van der Waals surface area contributed by atoms with Crippen molar-refractivity contribution in [3.05, 3.63) is 83.3 Å². The zero-order chi connectivity index (χ0) is 21.9. The Morgan fingerprint density at radius 1 is 1.06 bits per heavy atom. The van der Waals surface area contributed by atoms with E-state index in [-0.39, 0.29) is 11.7 Å². The van der Waals surface area contributed by atoms with Crippen LogP contribution in [0.3, 0.4) is 0 Å². The van der Waals surface area contributed by atoms with Crippen molar-refractivity contribution in [2.45, 2.75) is 30.5 Å². The number of hydrogen-bond acceptors (Lipinski definition) is 5. The van der Waals surface area contributed by atoms with Gasteiger partial charge in [-0.3, -0.25) is 9.36 Å². The Labute approximate surface area is 195 Å². The molecule has 0 aliphatic heterocycles. The topological polar surface area (TPSA) is 73.0 Å². The molecular weight excluding hydrogens is 444 g/mol. The van der Waals surface area contributed by atoms with Crippen LogP contribution in [0.25, 0.3) is 17.0 Å². The van der Waals surface area contributed by atoms with Crippen molar-refractivity contribution in [1.82, 2.24) is 20.1 Å². The number of benzene rings is 2. The Balaban J connectivity index is 1.20. The van der Waals surface area contributed by atoms with Crippen molar-refractivity contribution in [2.24, 2.45) is 0 Å². The molecule has 32 heavy (non-hydrogen) atoms. The molecule has 2 aromatic heterocycles. The van der Waals surface area contributed by atoms with Gasteiger partial charge in [0.2, 0.25) is 5.91 Å². The molecule has 1 saturated carbocycles. The smallest absolute Gasteiger partial charge is 0.230 e. The maximum absolute atomic E-state index is 12.5. The van der Waals surface area contributed by atoms with Crippen LogP contribution in [-0.4, -0.2) is 26.4 Å². The van der Waals surface area contributed by atoms with Crippen molar-refractivity contribution in [1.29, 1.82) is 0 Å². The number of halogens is 1. The molecule has 2 heterocycles. The average molecular weight is 465 g/mol. The normalized spacial score (nSPS) is 13.3. The van der Waals surface area contributed by atoms with E-state index in [2.05, 4.69) is 20.1 Å². The summed E-state index contributed by atoms with van der Waals surface area (Å²) in [7, 11) is 0. The fourth-order valence-corrected chi connectivity index (χ4v) is 4.32. The molecule has 0 bridgehead atoms. The van der Waals surface area contributed by atoms with Gasteiger partial charge in [0, 0.05) is 22.2 Å². The van der Waals surface area contributed by atoms with Crippen molar-refractivity contribution in [3.63, 3.8) is 0 Å². The van der Waals surface area contributed by atoms with E-state index in [0.717, 1.165) is 40.8 Å². The number of thioether (sulfide) groups is 1. The molecule has 0 unspecified atom stereocenters. The summed E-state index contributed by atoms with van der Waals surface area (Å²) >= 11 is 7.33. The molecule has 162 valence electrons. The fourth-order valence-electron chi connectivity index (χ4n) is 3.41. The van der Waals surface area contributed by atoms with Crippen LogP contribution >= 0.6 is 23.4 Å². The maximum atomic E-state index is 12.5. The predicted molar refractivity (Wildman–Crippen MR) is 125 cm³/mol. The quantitative estimate of drug-likeness (QED) is 0.350. The van der Waals surface area contributed by atoms with Gasteiger partial charge in [0.15, 0.2) is 5.16 Å². The molecule has 1 fully saturated rings. The zero-order valence-electron chi connectivity index (χ0n) is 17.2. The number of hydrogen-bond donors (Lipinski definition) is 1. The van der Waals surface area contributed by atoms with Crippen LogP contribution in [0, 0.1) is 0 Å². The number of carbonyl (C=O) groups is 1. The standard InChI is InChI=1S/C24H21ClN4O2S/c25-18-10-8-16(9-11-18)21-13-12-20(31-21)14-26-22(30)15-32-24-28-27-23(17-6-7-17)29(24)19-4-2-1-3-5-19/h1-5,8-13,17H,6-7,14-15H2,(H,26,30). The van der Waals surface area contributed by atoms with Crippen LogP contribution in [0.5, 0.6) is 0 Å². The SMILES string of the molecule is O=C(CSc1nnc(C2CC2)n1-c1ccccc1)NCc1ccc(-c2ccc(Cl)cc2)o1. The van der Waals surface area contributed by atoms with Gasteiger partial charge in [0.05, 0.1) is 12.3 Å². The highest BCUT2D eigenvalue weighted by Crippen LogP contribution is 2.41. The second kappa shape index (κ2) is 9.22. The Morgan fingerprint density at radius 2 is 1.84 bits per heavy atom. The van der Waals surface area contributed by atoms with Crippen LogP contribution in [0.4, 0.5) is 0 Å². The first kappa shape index (κ1) is 20.8. The maximum Gasteiger partial charge on any atom is 0.230 e. The first-order valence-corrected chi connectivity index (χ1v) is 11.8. The third kappa shape index (κ3) is 4.74. The van der Waals surface area contributed by atoms with E-state index in [1.165, 1.54) is 11.8 Å². The minimum Gasteiger partial charge on any atom is -0.459 e. The molecule has 5 rings (SSSR count). The molecule has 2 aromatic carbocycles. The van der Waals surface area contributed by atoms with Gasteiger partial charge in [-0.25, -0.2) is 0 Å². The molecule has 4 aromatic rings. The summed E-state index contributed by atoms with van der Waals surface area (Å²) in [6, 6.07) is 21.2. The summed E-state index contributed by atoms with van der Waals surface area (Å²) in [6.45, 7) is 0.325. The Hall–Kier alpha value is -3.03. The third-order valence-electron chi connectivity index (χ3n) is 5.20. The molecule has 6 nitrogen and oxygen atoms in total. The van der Waals surface area contributed by atoms with Crippen LogP contribution in [-0.2, 0) is 11.3 Å². The lowest BCUT2D eigenvalue weighted by molar-refractivity contribution is -0.118. The van der Waals surface area contributed by atoms with Crippen molar-refractivity contribution in [2.75, 3.05) is 5.75 Å². The highest BCUT2D eigenvalue weighted by Gasteiger charge is 2.31. The van der Waals surface area contributed by atoms with Crippen LogP contribution in [0.15, 0.2) is 76.3 Å². The zero-order valence-corrected chi connectivity index (χ0v) is 18.8. The predicted octanol–water partition coefficient (Wildman–Crippen LogP) is 5.47. The molecule has 1 aliphatic rings. The van der Waals surface area contributed by atoms with Gasteiger partial charge in [0.25, 0.3) is 0 Å². The van der Waals surface area contributed by atoms with E-state index in [4.69, 9.17) is 16.0 Å². The summed E-state index contributed by atoms with van der Waals surface area (Å²) < 4.78 is 7.92. The van der Waals surface area contributed by atoms with Gasteiger partial charge in [0.1, 0.15) is 17.3 Å². The summed E-state index contributed by atoms with van der Waals surface area (Å²) in [6.07, 6.45) is 2.27. The number of amides is 1. The van der Waals surface area contributed by atoms with Crippen molar-refractivity contribution >= 4 is 29.3 Å². The average Bonchev–Trinajstić information content (AvgIpc) is 3.40. The molecule has 1 aliphatic carbocycles. The molecule has 8 heteroatoms. The molecule has 0 saturated heterocycles. The minimum atomic E-state index is -0.0879. The first-order chi connectivity index (χ1) is 15.7. The van der Waals surface area contributed by atoms with Crippen molar-refractivity contribution < 1.29 is 9.21 Å². The second-order valence-electron chi connectivity index (χ2n) is 7.62. The van der Waals surface area contributed by atoms with E-state index in [0.29, 0.717) is 23.2 Å². The highest BCUT2D eigenvalue weighted by atomic mass is 35.5. The fraction of sp³-hybridized carbons (Fsp3) is 0.208. The van der Waals surface area contributed by atoms with E-state index < -0.39 is 0 Å². The van der Waals surface area contributed by atoms with Gasteiger partial charge in [-0.05, 0) is 61.4 Å². The minimum absolute atomic E-state index is 0.0879. The number of carbonyl (C=O) groups excluding carboxylic acids is 1. The monoisotopic (exact) mass is 464 g/mol. The Bertz CT molecular complexity index is 1220. The lowest BCUT2D eigenvalue weighted by Gasteiger charge is -2.09. The first-order valence-electron chi connectivity index (χ1n) is 10.4. The number of para-hydroxylation sites is 1. The van der Waals surface area contributed by atoms with E-state index >= 15 is 0 Å². The lowest BCUT2D eigenvalue weighted by Crippen LogP contribution is -2.24. The summed E-state index contributed by atoms with van der Waals surface area (Å²) in [5.41, 5.74) is 1.96. The number of nitrogens with one attached hydrogen (secondary N) is 1. The van der Waals surface area contributed by atoms with Gasteiger partial charge in [-0.15, -0.1) is 10.2 Å². The summed E-state index contributed by atoms with van der Waals surface area (Å²) in [5, 5.41) is 13.1. The summed E-state index contributed by atoms with van der Waals surface area (Å²) in [5.74, 6) is 3.03. The van der Waals surface area contributed by atoms with Gasteiger partial charge in [-0.2, -0.15) is 0 Å². The summed E-state index contributed by atoms with van der Waals surface area (Å²) in [4.78, 5) is 12.5. The second-order valence-corrected chi connectivity index (χ2v) is 9.00. The van der Waals surface area contributed by atoms with E-state index in [9.17, 15) is 4.79 Å². The van der Waals surface area contributed by atoms with Crippen molar-refractivity contribution in [3.8, 4) is 17.0 Å². The largest absolute Gasteiger partial charge is 0.459 e. The molecule has 0 atom stereocenters.